The molecule has 2 fully saturated rings. The Morgan fingerprint density at radius 1 is 1.08 bits per heavy atom. The molecule has 1 aromatic rings. The van der Waals surface area contributed by atoms with Crippen molar-refractivity contribution in [1.29, 1.82) is 0 Å². The van der Waals surface area contributed by atoms with Gasteiger partial charge in [-0.15, -0.1) is 0 Å². The number of benzene rings is 1. The topological polar surface area (TPSA) is 49.9 Å². The number of hydrogen-bond acceptors (Lipinski definition) is 3. The molecule has 5 nitrogen and oxygen atoms in total. The molecule has 3 rings (SSSR count). The summed E-state index contributed by atoms with van der Waals surface area (Å²) in [6, 6.07) is 9.08. The third-order valence-corrected chi connectivity index (χ3v) is 5.54. The predicted molar refractivity (Wildman–Crippen MR) is 101 cm³/mol. The van der Waals surface area contributed by atoms with E-state index in [1.807, 2.05) is 9.80 Å². The van der Waals surface area contributed by atoms with Gasteiger partial charge in [0.25, 0.3) is 0 Å². The SMILES string of the molecule is COCC(=O)N(Cc1ccc(CC2CCN(C(C)=O)CC2)cc1)C1CC1. The molecule has 1 heterocycles. The van der Waals surface area contributed by atoms with Gasteiger partial charge in [0, 0.05) is 39.7 Å². The van der Waals surface area contributed by atoms with Crippen LogP contribution in [0, 0.1) is 5.92 Å². The summed E-state index contributed by atoms with van der Waals surface area (Å²) in [6.45, 7) is 4.26. The largest absolute Gasteiger partial charge is 0.375 e. The molecule has 0 unspecified atom stereocenters. The molecule has 0 atom stereocenters. The van der Waals surface area contributed by atoms with E-state index in [4.69, 9.17) is 4.74 Å². The average Bonchev–Trinajstić information content (AvgIpc) is 3.46. The monoisotopic (exact) mass is 358 g/mol. The quantitative estimate of drug-likeness (QED) is 0.753. The summed E-state index contributed by atoms with van der Waals surface area (Å²) in [5, 5.41) is 0. The van der Waals surface area contributed by atoms with Gasteiger partial charge >= 0.3 is 0 Å². The summed E-state index contributed by atoms with van der Waals surface area (Å²) in [7, 11) is 1.57. The van der Waals surface area contributed by atoms with Gasteiger partial charge in [0.15, 0.2) is 0 Å². The summed E-state index contributed by atoms with van der Waals surface area (Å²) >= 11 is 0. The summed E-state index contributed by atoms with van der Waals surface area (Å²) in [4.78, 5) is 27.5. The van der Waals surface area contributed by atoms with E-state index in [1.54, 1.807) is 14.0 Å². The van der Waals surface area contributed by atoms with Gasteiger partial charge in [0.1, 0.15) is 6.61 Å². The highest BCUT2D eigenvalue weighted by atomic mass is 16.5. The predicted octanol–water partition coefficient (Wildman–Crippen LogP) is 2.63. The summed E-state index contributed by atoms with van der Waals surface area (Å²) in [5.41, 5.74) is 2.52. The van der Waals surface area contributed by atoms with Crippen LogP contribution in [0.5, 0.6) is 0 Å². The summed E-state index contributed by atoms with van der Waals surface area (Å²) in [6.07, 6.45) is 5.45. The Labute approximate surface area is 156 Å². The van der Waals surface area contributed by atoms with Crippen molar-refractivity contribution in [3.05, 3.63) is 35.4 Å². The van der Waals surface area contributed by atoms with Gasteiger partial charge in [-0.25, -0.2) is 0 Å². The molecule has 5 heteroatoms. The fourth-order valence-electron chi connectivity index (χ4n) is 3.78. The smallest absolute Gasteiger partial charge is 0.249 e. The summed E-state index contributed by atoms with van der Waals surface area (Å²) in [5.74, 6) is 0.926. The van der Waals surface area contributed by atoms with Crippen molar-refractivity contribution in [3.63, 3.8) is 0 Å². The van der Waals surface area contributed by atoms with Crippen LogP contribution < -0.4 is 0 Å². The zero-order chi connectivity index (χ0) is 18.5. The van der Waals surface area contributed by atoms with Crippen molar-refractivity contribution in [1.82, 2.24) is 9.80 Å². The van der Waals surface area contributed by atoms with Gasteiger partial charge in [0.05, 0.1) is 0 Å². The highest BCUT2D eigenvalue weighted by Crippen LogP contribution is 2.29. The maximum absolute atomic E-state index is 12.2. The fourth-order valence-corrected chi connectivity index (χ4v) is 3.78. The number of likely N-dealkylation sites (tertiary alicyclic amines) is 1. The second kappa shape index (κ2) is 8.67. The molecular formula is C21H30N2O3. The minimum Gasteiger partial charge on any atom is -0.375 e. The Morgan fingerprint density at radius 2 is 1.69 bits per heavy atom. The first kappa shape index (κ1) is 18.9. The molecule has 0 N–H and O–H groups in total. The second-order valence-corrected chi connectivity index (χ2v) is 7.66. The van der Waals surface area contributed by atoms with E-state index in [-0.39, 0.29) is 18.4 Å². The molecule has 1 aliphatic carbocycles. The normalized spacial score (nSPS) is 18.0. The van der Waals surface area contributed by atoms with Crippen molar-refractivity contribution in [2.75, 3.05) is 26.8 Å². The Hall–Kier alpha value is -1.88. The summed E-state index contributed by atoms with van der Waals surface area (Å²) < 4.78 is 5.01. The molecule has 0 radical (unpaired) electrons. The first-order valence-electron chi connectivity index (χ1n) is 9.68. The number of carbonyl (C=O) groups is 2. The minimum absolute atomic E-state index is 0.0799. The van der Waals surface area contributed by atoms with E-state index >= 15 is 0 Å². The van der Waals surface area contributed by atoms with Crippen LogP contribution in [0.4, 0.5) is 0 Å². The van der Waals surface area contributed by atoms with E-state index < -0.39 is 0 Å². The third kappa shape index (κ3) is 5.07. The van der Waals surface area contributed by atoms with E-state index in [1.165, 1.54) is 11.1 Å². The zero-order valence-corrected chi connectivity index (χ0v) is 15.9. The number of piperidine rings is 1. The van der Waals surface area contributed by atoms with Crippen LogP contribution in [-0.4, -0.2) is 54.5 Å². The molecule has 1 saturated heterocycles. The van der Waals surface area contributed by atoms with Crippen molar-refractivity contribution >= 4 is 11.8 Å². The van der Waals surface area contributed by atoms with Crippen molar-refractivity contribution in [2.24, 2.45) is 5.92 Å². The van der Waals surface area contributed by atoms with E-state index in [0.29, 0.717) is 18.5 Å². The molecule has 0 spiro atoms. The number of ether oxygens (including phenoxy) is 1. The van der Waals surface area contributed by atoms with Crippen LogP contribution in [0.25, 0.3) is 0 Å². The van der Waals surface area contributed by atoms with Crippen LogP contribution in [0.2, 0.25) is 0 Å². The molecule has 0 aromatic heterocycles. The van der Waals surface area contributed by atoms with Crippen molar-refractivity contribution in [3.8, 4) is 0 Å². The number of amides is 2. The molecule has 2 aliphatic rings. The molecule has 1 saturated carbocycles. The van der Waals surface area contributed by atoms with Crippen molar-refractivity contribution in [2.45, 2.75) is 51.6 Å². The first-order valence-corrected chi connectivity index (χ1v) is 9.68. The van der Waals surface area contributed by atoms with Gasteiger partial charge in [-0.1, -0.05) is 24.3 Å². The van der Waals surface area contributed by atoms with E-state index in [0.717, 1.165) is 45.2 Å². The number of methoxy groups -OCH3 is 1. The number of rotatable bonds is 7. The highest BCUT2D eigenvalue weighted by Gasteiger charge is 2.32. The van der Waals surface area contributed by atoms with Gasteiger partial charge < -0.3 is 14.5 Å². The Kier molecular flexibility index (Phi) is 6.30. The standard InChI is InChI=1S/C21H30N2O3/c1-16(24)22-11-9-18(10-12-22)13-17-3-5-19(6-4-17)14-23(20-7-8-20)21(25)15-26-2/h3-6,18,20H,7-15H2,1-2H3. The maximum atomic E-state index is 12.2. The lowest BCUT2D eigenvalue weighted by Crippen LogP contribution is -2.37. The fraction of sp³-hybridized carbons (Fsp3) is 0.619. The minimum atomic E-state index is 0.0799. The zero-order valence-electron chi connectivity index (χ0n) is 15.9. The van der Waals surface area contributed by atoms with Crippen LogP contribution >= 0.6 is 0 Å². The number of nitrogens with zero attached hydrogens (tertiary/aromatic N) is 2. The van der Waals surface area contributed by atoms with Gasteiger partial charge in [-0.2, -0.15) is 0 Å². The van der Waals surface area contributed by atoms with Gasteiger partial charge in [-0.05, 0) is 49.1 Å². The number of hydrogen-bond donors (Lipinski definition) is 0. The molecule has 2 amide bonds. The Morgan fingerprint density at radius 3 is 2.23 bits per heavy atom. The van der Waals surface area contributed by atoms with E-state index in [9.17, 15) is 9.59 Å². The maximum Gasteiger partial charge on any atom is 0.249 e. The molecule has 0 bridgehead atoms. The van der Waals surface area contributed by atoms with Crippen LogP contribution in [0.3, 0.4) is 0 Å². The highest BCUT2D eigenvalue weighted by molar-refractivity contribution is 5.78. The molecular weight excluding hydrogens is 328 g/mol. The second-order valence-electron chi connectivity index (χ2n) is 7.66. The average molecular weight is 358 g/mol. The van der Waals surface area contributed by atoms with Crippen LogP contribution in [-0.2, 0) is 27.3 Å². The third-order valence-electron chi connectivity index (χ3n) is 5.54. The molecule has 142 valence electrons. The van der Waals surface area contributed by atoms with Gasteiger partial charge in [0.2, 0.25) is 11.8 Å². The van der Waals surface area contributed by atoms with Gasteiger partial charge in [-0.3, -0.25) is 9.59 Å². The number of carbonyl (C=O) groups excluding carboxylic acids is 2. The Bertz CT molecular complexity index is 617. The van der Waals surface area contributed by atoms with E-state index in [2.05, 4.69) is 24.3 Å². The van der Waals surface area contributed by atoms with Crippen molar-refractivity contribution < 1.29 is 14.3 Å². The van der Waals surface area contributed by atoms with Crippen LogP contribution in [0.15, 0.2) is 24.3 Å². The lowest BCUT2D eigenvalue weighted by atomic mass is 9.90. The Balaban J connectivity index is 1.52. The molecule has 1 aliphatic heterocycles. The first-order chi connectivity index (χ1) is 12.6. The lowest BCUT2D eigenvalue weighted by Gasteiger charge is -2.31. The molecule has 26 heavy (non-hydrogen) atoms. The molecule has 1 aromatic carbocycles. The van der Waals surface area contributed by atoms with Crippen LogP contribution in [0.1, 0.15) is 43.7 Å². The lowest BCUT2D eigenvalue weighted by molar-refractivity contribution is -0.136.